The van der Waals surface area contributed by atoms with Crippen molar-refractivity contribution in [3.63, 3.8) is 0 Å². The van der Waals surface area contributed by atoms with Gasteiger partial charge in [-0.05, 0) is 19.4 Å². The monoisotopic (exact) mass is 344 g/mol. The number of para-hydroxylation sites is 1. The van der Waals surface area contributed by atoms with Crippen LogP contribution >= 0.6 is 0 Å². The van der Waals surface area contributed by atoms with Gasteiger partial charge in [-0.1, -0.05) is 23.4 Å². The molecule has 0 aliphatic carbocycles. The molecule has 0 atom stereocenters. The van der Waals surface area contributed by atoms with E-state index in [-0.39, 0.29) is 5.91 Å². The van der Waals surface area contributed by atoms with E-state index in [1.807, 2.05) is 36.1 Å². The molecule has 25 heavy (non-hydrogen) atoms. The fraction of sp³-hybridized carbons (Fsp3) is 0.500. The number of aryl methyl sites for hydroxylation is 1. The summed E-state index contributed by atoms with van der Waals surface area (Å²) in [5, 5.41) is 3.82. The van der Waals surface area contributed by atoms with Crippen molar-refractivity contribution in [2.75, 3.05) is 33.3 Å². The highest BCUT2D eigenvalue weighted by molar-refractivity contribution is 5.79. The topological polar surface area (TPSA) is 71.7 Å². The van der Waals surface area contributed by atoms with Crippen molar-refractivity contribution in [3.05, 3.63) is 41.5 Å². The van der Waals surface area contributed by atoms with Crippen molar-refractivity contribution in [3.8, 4) is 5.75 Å². The van der Waals surface area contributed by atoms with Crippen LogP contribution in [0.1, 0.15) is 23.7 Å². The molecular weight excluding hydrogens is 320 g/mol. The molecule has 1 aliphatic rings. The summed E-state index contributed by atoms with van der Waals surface area (Å²) in [5.41, 5.74) is 0.928. The van der Waals surface area contributed by atoms with Crippen molar-refractivity contribution in [1.29, 1.82) is 0 Å². The molecule has 0 N–H and O–H groups in total. The molecular formula is C18H24N4O3. The van der Waals surface area contributed by atoms with Gasteiger partial charge >= 0.3 is 0 Å². The molecule has 0 spiro atoms. The van der Waals surface area contributed by atoms with Crippen molar-refractivity contribution < 1.29 is 14.1 Å². The molecule has 1 fully saturated rings. The molecule has 0 saturated carbocycles. The Balaban J connectivity index is 1.56. The number of hydrogen-bond acceptors (Lipinski definition) is 6. The Morgan fingerprint density at radius 2 is 2.08 bits per heavy atom. The number of rotatable bonds is 5. The van der Waals surface area contributed by atoms with Gasteiger partial charge in [-0.25, -0.2) is 0 Å². The molecule has 3 rings (SSSR count). The maximum atomic E-state index is 12.7. The second kappa shape index (κ2) is 8.11. The summed E-state index contributed by atoms with van der Waals surface area (Å²) in [7, 11) is 1.63. The number of methoxy groups -OCH3 is 1. The smallest absolute Gasteiger partial charge is 0.240 e. The summed E-state index contributed by atoms with van der Waals surface area (Å²) in [6.45, 7) is 5.65. The number of aromatic nitrogens is 2. The third-order valence-electron chi connectivity index (χ3n) is 4.40. The van der Waals surface area contributed by atoms with E-state index in [0.29, 0.717) is 31.2 Å². The van der Waals surface area contributed by atoms with E-state index in [1.54, 1.807) is 7.11 Å². The summed E-state index contributed by atoms with van der Waals surface area (Å²) in [5.74, 6) is 2.18. The molecule has 1 aliphatic heterocycles. The highest BCUT2D eigenvalue weighted by Gasteiger charge is 2.21. The van der Waals surface area contributed by atoms with Crippen LogP contribution in [0.4, 0.5) is 0 Å². The van der Waals surface area contributed by atoms with Gasteiger partial charge < -0.3 is 14.2 Å². The van der Waals surface area contributed by atoms with Gasteiger partial charge in [-0.2, -0.15) is 4.98 Å². The second-order valence-corrected chi connectivity index (χ2v) is 6.23. The minimum Gasteiger partial charge on any atom is -0.496 e. The molecule has 0 bridgehead atoms. The zero-order chi connectivity index (χ0) is 17.6. The molecule has 2 heterocycles. The van der Waals surface area contributed by atoms with Gasteiger partial charge in [0.05, 0.1) is 20.1 Å². The van der Waals surface area contributed by atoms with Crippen LogP contribution in [0.2, 0.25) is 0 Å². The SMILES string of the molecule is COc1ccccc1CC(=O)N1CCCN(Cc2nc(C)no2)CC1. The van der Waals surface area contributed by atoms with Gasteiger partial charge in [0.25, 0.3) is 0 Å². The van der Waals surface area contributed by atoms with Crippen LogP contribution in [0.25, 0.3) is 0 Å². The summed E-state index contributed by atoms with van der Waals surface area (Å²) in [4.78, 5) is 21.1. The zero-order valence-electron chi connectivity index (χ0n) is 14.8. The third-order valence-corrected chi connectivity index (χ3v) is 4.40. The molecule has 1 amide bonds. The normalized spacial score (nSPS) is 15.8. The standard InChI is InChI=1S/C18H24N4O3/c1-14-19-17(25-20-14)13-21-8-5-9-22(11-10-21)18(23)12-15-6-3-4-7-16(15)24-2/h3-4,6-7H,5,8-13H2,1-2H3. The molecule has 134 valence electrons. The van der Waals surface area contributed by atoms with Crippen molar-refractivity contribution >= 4 is 5.91 Å². The van der Waals surface area contributed by atoms with E-state index < -0.39 is 0 Å². The first-order valence-electron chi connectivity index (χ1n) is 8.57. The number of nitrogens with zero attached hydrogens (tertiary/aromatic N) is 4. The van der Waals surface area contributed by atoms with Crippen LogP contribution in [0.5, 0.6) is 5.75 Å². The fourth-order valence-corrected chi connectivity index (χ4v) is 3.10. The van der Waals surface area contributed by atoms with E-state index in [4.69, 9.17) is 9.26 Å². The minimum absolute atomic E-state index is 0.139. The Bertz CT molecular complexity index is 716. The Morgan fingerprint density at radius 1 is 1.24 bits per heavy atom. The van der Waals surface area contributed by atoms with Crippen LogP contribution in [0, 0.1) is 6.92 Å². The quantitative estimate of drug-likeness (QED) is 0.821. The van der Waals surface area contributed by atoms with Crippen LogP contribution in [-0.2, 0) is 17.8 Å². The van der Waals surface area contributed by atoms with Crippen LogP contribution in [0.3, 0.4) is 0 Å². The number of hydrogen-bond donors (Lipinski definition) is 0. The average molecular weight is 344 g/mol. The minimum atomic E-state index is 0.139. The first kappa shape index (κ1) is 17.4. The molecule has 0 unspecified atom stereocenters. The van der Waals surface area contributed by atoms with Gasteiger partial charge in [0.1, 0.15) is 5.75 Å². The molecule has 1 saturated heterocycles. The first-order valence-corrected chi connectivity index (χ1v) is 8.57. The first-order chi connectivity index (χ1) is 12.2. The van der Waals surface area contributed by atoms with Crippen molar-refractivity contribution in [2.45, 2.75) is 26.3 Å². The number of ether oxygens (including phenoxy) is 1. The largest absolute Gasteiger partial charge is 0.496 e. The van der Waals surface area contributed by atoms with E-state index in [2.05, 4.69) is 15.0 Å². The van der Waals surface area contributed by atoms with Gasteiger partial charge in [0.2, 0.25) is 11.8 Å². The Labute approximate surface area is 147 Å². The highest BCUT2D eigenvalue weighted by Crippen LogP contribution is 2.19. The summed E-state index contributed by atoms with van der Waals surface area (Å²) in [6, 6.07) is 7.68. The van der Waals surface area contributed by atoms with Crippen molar-refractivity contribution in [2.24, 2.45) is 0 Å². The molecule has 0 radical (unpaired) electrons. The van der Waals surface area contributed by atoms with Crippen LogP contribution in [-0.4, -0.2) is 59.1 Å². The Kier molecular flexibility index (Phi) is 5.65. The van der Waals surface area contributed by atoms with Gasteiger partial charge in [0.15, 0.2) is 5.82 Å². The van der Waals surface area contributed by atoms with Gasteiger partial charge in [-0.15, -0.1) is 0 Å². The molecule has 2 aromatic rings. The number of carbonyl (C=O) groups is 1. The Morgan fingerprint density at radius 3 is 2.84 bits per heavy atom. The zero-order valence-corrected chi connectivity index (χ0v) is 14.8. The lowest BCUT2D eigenvalue weighted by molar-refractivity contribution is -0.130. The summed E-state index contributed by atoms with van der Waals surface area (Å²) < 4.78 is 10.5. The van der Waals surface area contributed by atoms with Gasteiger partial charge in [0, 0.05) is 31.7 Å². The molecule has 7 nitrogen and oxygen atoms in total. The van der Waals surface area contributed by atoms with E-state index in [9.17, 15) is 4.79 Å². The maximum Gasteiger partial charge on any atom is 0.240 e. The highest BCUT2D eigenvalue weighted by atomic mass is 16.5. The van der Waals surface area contributed by atoms with E-state index >= 15 is 0 Å². The lowest BCUT2D eigenvalue weighted by Gasteiger charge is -2.21. The average Bonchev–Trinajstić information content (AvgIpc) is 2.88. The number of amides is 1. The molecule has 1 aromatic carbocycles. The summed E-state index contributed by atoms with van der Waals surface area (Å²) in [6.07, 6.45) is 1.30. The van der Waals surface area contributed by atoms with Crippen LogP contribution in [0.15, 0.2) is 28.8 Å². The van der Waals surface area contributed by atoms with E-state index in [0.717, 1.165) is 37.4 Å². The van der Waals surface area contributed by atoms with Crippen molar-refractivity contribution in [1.82, 2.24) is 19.9 Å². The molecule has 1 aromatic heterocycles. The number of benzene rings is 1. The van der Waals surface area contributed by atoms with Gasteiger partial charge in [-0.3, -0.25) is 9.69 Å². The van der Waals surface area contributed by atoms with E-state index in [1.165, 1.54) is 0 Å². The predicted molar refractivity (Wildman–Crippen MR) is 92.2 cm³/mol. The third kappa shape index (κ3) is 4.57. The fourth-order valence-electron chi connectivity index (χ4n) is 3.10. The maximum absolute atomic E-state index is 12.7. The lowest BCUT2D eigenvalue weighted by atomic mass is 10.1. The predicted octanol–water partition coefficient (Wildman–Crippen LogP) is 1.66. The Hall–Kier alpha value is -2.41. The summed E-state index contributed by atoms with van der Waals surface area (Å²) >= 11 is 0. The number of carbonyl (C=O) groups excluding carboxylic acids is 1. The van der Waals surface area contributed by atoms with Crippen LogP contribution < -0.4 is 4.74 Å². The second-order valence-electron chi connectivity index (χ2n) is 6.23. The lowest BCUT2D eigenvalue weighted by Crippen LogP contribution is -2.36. The molecule has 7 heteroatoms.